The monoisotopic (exact) mass is 332 g/mol. The molecule has 2 amide bonds. The first-order valence-electron chi connectivity index (χ1n) is 8.21. The Balaban J connectivity index is 2.18. The Labute approximate surface area is 141 Å². The van der Waals surface area contributed by atoms with Gasteiger partial charge in [-0.1, -0.05) is 25.8 Å². The van der Waals surface area contributed by atoms with E-state index in [1.54, 1.807) is 29.8 Å². The number of amides is 2. The number of pyridine rings is 1. The van der Waals surface area contributed by atoms with Crippen molar-refractivity contribution in [3.8, 4) is 0 Å². The van der Waals surface area contributed by atoms with Gasteiger partial charge in [-0.15, -0.1) is 0 Å². The van der Waals surface area contributed by atoms with Crippen LogP contribution in [-0.4, -0.2) is 48.0 Å². The van der Waals surface area contributed by atoms with Crippen molar-refractivity contribution in [3.63, 3.8) is 0 Å². The molecule has 0 atom stereocenters. The lowest BCUT2D eigenvalue weighted by atomic mass is 10.2. The normalized spacial score (nSPS) is 10.8. The minimum atomic E-state index is -0.335. The number of carbonyl (C=O) groups is 2. The average Bonchev–Trinajstić information content (AvgIpc) is 2.98. The average molecular weight is 332 g/mol. The van der Waals surface area contributed by atoms with Crippen LogP contribution in [0.5, 0.6) is 0 Å². The summed E-state index contributed by atoms with van der Waals surface area (Å²) in [7, 11) is 1.57. The second kappa shape index (κ2) is 9.02. The molecule has 2 aromatic rings. The van der Waals surface area contributed by atoms with Crippen LogP contribution >= 0.6 is 0 Å². The summed E-state index contributed by atoms with van der Waals surface area (Å²) in [6.07, 6.45) is 4.81. The summed E-state index contributed by atoms with van der Waals surface area (Å²) in [6, 6.07) is 5.39. The maximum atomic E-state index is 12.4. The van der Waals surface area contributed by atoms with Gasteiger partial charge in [0.05, 0.1) is 12.1 Å². The summed E-state index contributed by atoms with van der Waals surface area (Å²) in [6.45, 7) is 3.52. The van der Waals surface area contributed by atoms with Crippen LogP contribution in [0.3, 0.4) is 0 Å². The van der Waals surface area contributed by atoms with Crippen LogP contribution in [0.2, 0.25) is 0 Å². The molecule has 0 aromatic carbocycles. The van der Waals surface area contributed by atoms with E-state index in [4.69, 9.17) is 4.74 Å². The fourth-order valence-corrected chi connectivity index (χ4v) is 2.37. The van der Waals surface area contributed by atoms with E-state index in [1.807, 2.05) is 6.07 Å². The van der Waals surface area contributed by atoms with Gasteiger partial charge >= 0.3 is 0 Å². The quantitative estimate of drug-likeness (QED) is 0.684. The van der Waals surface area contributed by atoms with Gasteiger partial charge in [0.25, 0.3) is 11.8 Å². The van der Waals surface area contributed by atoms with Gasteiger partial charge in [-0.25, -0.2) is 4.98 Å². The molecule has 2 heterocycles. The highest BCUT2D eigenvalue weighted by Crippen LogP contribution is 2.13. The van der Waals surface area contributed by atoms with E-state index < -0.39 is 0 Å². The number of unbranched alkanes of at least 4 members (excludes halogenated alkanes) is 2. The predicted molar refractivity (Wildman–Crippen MR) is 91.3 cm³/mol. The molecule has 24 heavy (non-hydrogen) atoms. The van der Waals surface area contributed by atoms with Gasteiger partial charge in [0.2, 0.25) is 5.82 Å². The number of ether oxygens (including phenoxy) is 1. The molecule has 0 bridgehead atoms. The minimum absolute atomic E-state index is 0.195. The first kappa shape index (κ1) is 17.9. The Hall–Kier alpha value is -2.41. The summed E-state index contributed by atoms with van der Waals surface area (Å²) >= 11 is 0. The number of methoxy groups -OCH3 is 1. The van der Waals surface area contributed by atoms with E-state index in [-0.39, 0.29) is 23.3 Å². The summed E-state index contributed by atoms with van der Waals surface area (Å²) in [5, 5.41) is 5.59. The van der Waals surface area contributed by atoms with Gasteiger partial charge in [0.15, 0.2) is 5.69 Å². The third-order valence-corrected chi connectivity index (χ3v) is 3.62. The third kappa shape index (κ3) is 4.32. The molecular weight excluding hydrogens is 308 g/mol. The molecule has 2 N–H and O–H groups in total. The molecule has 2 aromatic heterocycles. The number of fused-ring (bicyclic) bond motifs is 1. The molecule has 2 rings (SSSR count). The smallest absolute Gasteiger partial charge is 0.287 e. The van der Waals surface area contributed by atoms with Crippen LogP contribution in [0.1, 0.15) is 47.3 Å². The van der Waals surface area contributed by atoms with Gasteiger partial charge in [-0.3, -0.25) is 14.0 Å². The SMILES string of the molecule is CCCCCNC(=O)c1nc(C(=O)NCCOC)n2ccccc12. The molecule has 0 fully saturated rings. The highest BCUT2D eigenvalue weighted by atomic mass is 16.5. The molecule has 0 aliphatic heterocycles. The van der Waals surface area contributed by atoms with E-state index in [2.05, 4.69) is 22.5 Å². The van der Waals surface area contributed by atoms with Crippen LogP contribution in [-0.2, 0) is 4.74 Å². The van der Waals surface area contributed by atoms with Gasteiger partial charge in [0, 0.05) is 26.4 Å². The van der Waals surface area contributed by atoms with Crippen molar-refractivity contribution >= 4 is 17.3 Å². The largest absolute Gasteiger partial charge is 0.383 e. The summed E-state index contributed by atoms with van der Waals surface area (Å²) in [5.41, 5.74) is 0.881. The Kier molecular flexibility index (Phi) is 6.74. The van der Waals surface area contributed by atoms with Crippen molar-refractivity contribution in [2.24, 2.45) is 0 Å². The Bertz CT molecular complexity index is 696. The maximum absolute atomic E-state index is 12.4. The first-order chi connectivity index (χ1) is 11.7. The fourth-order valence-electron chi connectivity index (χ4n) is 2.37. The maximum Gasteiger partial charge on any atom is 0.287 e. The van der Waals surface area contributed by atoms with Crippen LogP contribution in [0, 0.1) is 0 Å². The Morgan fingerprint density at radius 2 is 1.96 bits per heavy atom. The number of hydrogen-bond donors (Lipinski definition) is 2. The minimum Gasteiger partial charge on any atom is -0.383 e. The van der Waals surface area contributed by atoms with E-state index in [0.717, 1.165) is 19.3 Å². The number of imidazole rings is 1. The molecule has 0 aliphatic rings. The molecular formula is C17H24N4O3. The predicted octanol–water partition coefficient (Wildman–Crippen LogP) is 1.63. The number of nitrogens with zero attached hydrogens (tertiary/aromatic N) is 2. The molecule has 0 saturated heterocycles. The second-order valence-electron chi connectivity index (χ2n) is 5.45. The first-order valence-corrected chi connectivity index (χ1v) is 8.21. The summed E-state index contributed by atoms with van der Waals surface area (Å²) in [5.74, 6) is -0.399. The third-order valence-electron chi connectivity index (χ3n) is 3.62. The van der Waals surface area contributed by atoms with Gasteiger partial charge in [-0.05, 0) is 18.6 Å². The molecule has 7 heteroatoms. The van der Waals surface area contributed by atoms with Gasteiger partial charge in [0.1, 0.15) is 0 Å². The molecule has 7 nitrogen and oxygen atoms in total. The zero-order valence-corrected chi connectivity index (χ0v) is 14.2. The number of nitrogens with one attached hydrogen (secondary N) is 2. The fraction of sp³-hybridized carbons (Fsp3) is 0.471. The topological polar surface area (TPSA) is 84.7 Å². The van der Waals surface area contributed by atoms with E-state index in [9.17, 15) is 9.59 Å². The van der Waals surface area contributed by atoms with Crippen molar-refractivity contribution in [1.29, 1.82) is 0 Å². The zero-order chi connectivity index (χ0) is 17.4. The standard InChI is InChI=1S/C17H24N4O3/c1-3-4-6-9-18-16(22)14-13-8-5-7-11-21(13)15(20-14)17(23)19-10-12-24-2/h5,7-8,11H,3-4,6,9-10,12H2,1-2H3,(H,18,22)(H,19,23). The number of hydrogen-bond acceptors (Lipinski definition) is 4. The van der Waals surface area contributed by atoms with Crippen LogP contribution in [0.25, 0.3) is 5.52 Å². The van der Waals surface area contributed by atoms with Crippen molar-refractivity contribution < 1.29 is 14.3 Å². The van der Waals surface area contributed by atoms with E-state index in [0.29, 0.717) is 25.2 Å². The molecule has 0 saturated carbocycles. The lowest BCUT2D eigenvalue weighted by molar-refractivity contribution is 0.0926. The van der Waals surface area contributed by atoms with Gasteiger partial charge in [-0.2, -0.15) is 0 Å². The number of carbonyl (C=O) groups excluding carboxylic acids is 2. The van der Waals surface area contributed by atoms with Crippen molar-refractivity contribution in [3.05, 3.63) is 35.9 Å². The molecule has 0 radical (unpaired) electrons. The van der Waals surface area contributed by atoms with Crippen molar-refractivity contribution in [2.75, 3.05) is 26.8 Å². The highest BCUT2D eigenvalue weighted by molar-refractivity contribution is 6.02. The summed E-state index contributed by atoms with van der Waals surface area (Å²) in [4.78, 5) is 28.9. The Morgan fingerprint density at radius 1 is 1.17 bits per heavy atom. The van der Waals surface area contributed by atoms with Crippen molar-refractivity contribution in [1.82, 2.24) is 20.0 Å². The lowest BCUT2D eigenvalue weighted by Gasteiger charge is -2.03. The van der Waals surface area contributed by atoms with Crippen molar-refractivity contribution in [2.45, 2.75) is 26.2 Å². The van der Waals surface area contributed by atoms with E-state index in [1.165, 1.54) is 0 Å². The number of aromatic nitrogens is 2. The van der Waals surface area contributed by atoms with Crippen LogP contribution < -0.4 is 10.6 Å². The van der Waals surface area contributed by atoms with E-state index >= 15 is 0 Å². The molecule has 130 valence electrons. The summed E-state index contributed by atoms with van der Waals surface area (Å²) < 4.78 is 6.55. The van der Waals surface area contributed by atoms with Crippen LogP contribution in [0.4, 0.5) is 0 Å². The van der Waals surface area contributed by atoms with Gasteiger partial charge < -0.3 is 15.4 Å². The number of rotatable bonds is 9. The molecule has 0 aliphatic carbocycles. The molecule has 0 spiro atoms. The lowest BCUT2D eigenvalue weighted by Crippen LogP contribution is -2.29. The Morgan fingerprint density at radius 3 is 2.71 bits per heavy atom. The highest BCUT2D eigenvalue weighted by Gasteiger charge is 2.20. The van der Waals surface area contributed by atoms with Crippen LogP contribution in [0.15, 0.2) is 24.4 Å². The zero-order valence-electron chi connectivity index (χ0n) is 14.2. The molecule has 0 unspecified atom stereocenters. The second-order valence-corrected chi connectivity index (χ2v) is 5.45.